The normalized spacial score (nSPS) is 33.4. The van der Waals surface area contributed by atoms with Gasteiger partial charge in [0.2, 0.25) is 6.17 Å². The largest absolute Gasteiger partial charge is 0.478 e. The van der Waals surface area contributed by atoms with Crippen LogP contribution in [-0.2, 0) is 0 Å². The summed E-state index contributed by atoms with van der Waals surface area (Å²) < 4.78 is 0. The number of rotatable bonds is 1. The molecule has 4 aliphatic rings. The Balaban J connectivity index is 1.67. The lowest BCUT2D eigenvalue weighted by atomic mass is 10.1. The topological polar surface area (TPSA) is 82.4 Å². The van der Waals surface area contributed by atoms with Gasteiger partial charge in [0.25, 0.3) is 0 Å². The van der Waals surface area contributed by atoms with Crippen molar-refractivity contribution in [1.29, 1.82) is 5.41 Å². The summed E-state index contributed by atoms with van der Waals surface area (Å²) in [5.41, 5.74) is 6.03. The van der Waals surface area contributed by atoms with E-state index < -0.39 is 0 Å². The molecule has 22 heavy (non-hydrogen) atoms. The Morgan fingerprint density at radius 2 is 2.18 bits per heavy atom. The molecule has 0 saturated carbocycles. The molecule has 0 bridgehead atoms. The number of nitrogens with one attached hydrogen (secondary N) is 3. The smallest absolute Gasteiger partial charge is 0.222 e. The molecule has 0 amide bonds. The molecule has 4 aliphatic heterocycles. The van der Waals surface area contributed by atoms with Gasteiger partial charge < -0.3 is 15.6 Å². The van der Waals surface area contributed by atoms with Crippen LogP contribution in [0.2, 0.25) is 0 Å². The summed E-state index contributed by atoms with van der Waals surface area (Å²) in [4.78, 5) is 11.2. The van der Waals surface area contributed by atoms with E-state index in [2.05, 4.69) is 25.6 Å². The van der Waals surface area contributed by atoms with Crippen LogP contribution in [0.3, 0.4) is 0 Å². The lowest BCUT2D eigenvalue weighted by Crippen LogP contribution is -3.05. The third kappa shape index (κ3) is 2.23. The van der Waals surface area contributed by atoms with E-state index in [1.54, 1.807) is 12.6 Å². The number of quaternary nitrogens is 1. The number of fused-ring (bicyclic) bond motifs is 1. The fraction of sp³-hybridized carbons (Fsp3) is 0.400. The fourth-order valence-electron chi connectivity index (χ4n) is 3.19. The fourth-order valence-corrected chi connectivity index (χ4v) is 3.19. The van der Waals surface area contributed by atoms with E-state index in [4.69, 9.17) is 5.41 Å². The number of nitrogens with zero attached hydrogens (tertiary/aromatic N) is 4. The van der Waals surface area contributed by atoms with Crippen LogP contribution in [0.25, 0.3) is 5.43 Å². The summed E-state index contributed by atoms with van der Waals surface area (Å²) in [7, 11) is 0. The Bertz CT molecular complexity index is 634. The van der Waals surface area contributed by atoms with Crippen LogP contribution >= 0.6 is 0 Å². The highest BCUT2D eigenvalue weighted by Gasteiger charge is 2.34. The molecule has 2 saturated heterocycles. The van der Waals surface area contributed by atoms with Crippen molar-refractivity contribution >= 4 is 18.4 Å². The molecule has 4 rings (SSSR count). The van der Waals surface area contributed by atoms with Gasteiger partial charge in [-0.05, 0) is 25.1 Å². The molecule has 7 nitrogen and oxygen atoms in total. The SMILES string of the molecule is N=C1[N-][NH+]2C=CC=NC2C1=C1C=C(N2CCCCC2)N=CN1. The lowest BCUT2D eigenvalue weighted by molar-refractivity contribution is -0.817. The van der Waals surface area contributed by atoms with Gasteiger partial charge in [0.15, 0.2) is 0 Å². The average molecular weight is 297 g/mol. The Morgan fingerprint density at radius 1 is 1.32 bits per heavy atom. The van der Waals surface area contributed by atoms with E-state index >= 15 is 0 Å². The first-order valence-electron chi connectivity index (χ1n) is 7.70. The number of allylic oxidation sites excluding steroid dienone is 2. The maximum absolute atomic E-state index is 8.17. The minimum Gasteiger partial charge on any atom is -0.478 e. The highest BCUT2D eigenvalue weighted by Crippen LogP contribution is 2.23. The van der Waals surface area contributed by atoms with Gasteiger partial charge in [-0.25, -0.2) is 15.0 Å². The van der Waals surface area contributed by atoms with Crippen LogP contribution in [0.1, 0.15) is 19.3 Å². The third-order valence-electron chi connectivity index (χ3n) is 4.30. The van der Waals surface area contributed by atoms with Gasteiger partial charge in [-0.2, -0.15) is 0 Å². The summed E-state index contributed by atoms with van der Waals surface area (Å²) in [6.07, 6.45) is 12.9. The van der Waals surface area contributed by atoms with Crippen LogP contribution in [0.15, 0.2) is 45.4 Å². The van der Waals surface area contributed by atoms with Gasteiger partial charge in [0, 0.05) is 31.5 Å². The van der Waals surface area contributed by atoms with Crippen LogP contribution in [0, 0.1) is 5.41 Å². The second kappa shape index (κ2) is 5.42. The second-order valence-electron chi connectivity index (χ2n) is 5.73. The molecule has 7 heteroatoms. The monoisotopic (exact) mass is 297 g/mol. The lowest BCUT2D eigenvalue weighted by Gasteiger charge is -2.30. The van der Waals surface area contributed by atoms with Crippen molar-refractivity contribution in [3.8, 4) is 0 Å². The van der Waals surface area contributed by atoms with Gasteiger partial charge in [0.1, 0.15) is 12.0 Å². The molecule has 3 N–H and O–H groups in total. The summed E-state index contributed by atoms with van der Waals surface area (Å²) in [6.45, 7) is 2.10. The van der Waals surface area contributed by atoms with Crippen LogP contribution < -0.4 is 10.3 Å². The van der Waals surface area contributed by atoms with Crippen molar-refractivity contribution in [3.63, 3.8) is 0 Å². The number of hydrogen-bond acceptors (Lipinski definition) is 5. The molecular formula is C15H19N7. The van der Waals surface area contributed by atoms with Crippen molar-refractivity contribution in [2.24, 2.45) is 9.98 Å². The van der Waals surface area contributed by atoms with Crippen LogP contribution in [0.4, 0.5) is 0 Å². The van der Waals surface area contributed by atoms with E-state index in [-0.39, 0.29) is 12.0 Å². The first-order valence-corrected chi connectivity index (χ1v) is 7.70. The van der Waals surface area contributed by atoms with E-state index in [1.165, 1.54) is 19.3 Å². The van der Waals surface area contributed by atoms with E-state index in [0.29, 0.717) is 0 Å². The van der Waals surface area contributed by atoms with Gasteiger partial charge >= 0.3 is 0 Å². The predicted molar refractivity (Wildman–Crippen MR) is 85.6 cm³/mol. The molecule has 2 atom stereocenters. The summed E-state index contributed by atoms with van der Waals surface area (Å²) in [5.74, 6) is 1.26. The average Bonchev–Trinajstić information content (AvgIpc) is 2.91. The zero-order chi connectivity index (χ0) is 14.9. The highest BCUT2D eigenvalue weighted by molar-refractivity contribution is 6.07. The summed E-state index contributed by atoms with van der Waals surface area (Å²) in [6, 6.07) is 0. The van der Waals surface area contributed by atoms with E-state index in [0.717, 1.165) is 35.2 Å². The number of amidine groups is 1. The van der Waals surface area contributed by atoms with Gasteiger partial charge in [-0.3, -0.25) is 5.43 Å². The molecule has 0 aromatic carbocycles. The molecule has 0 aliphatic carbocycles. The minimum atomic E-state index is -0.162. The van der Waals surface area contributed by atoms with E-state index in [9.17, 15) is 0 Å². The number of hydrogen-bond donors (Lipinski definition) is 3. The molecule has 0 spiro atoms. The standard InChI is InChI=1S/C15H19N7/c16-14-13(15-17-5-4-8-22(15)20-14)11-9-12(19-10-18-11)21-6-2-1-3-7-21/h4-5,8-10,15,22H,1-3,6-7H2,(H2-,16,18,19,20). The van der Waals surface area contributed by atoms with Crippen molar-refractivity contribution in [2.45, 2.75) is 25.4 Å². The molecule has 0 aromatic rings. The van der Waals surface area contributed by atoms with Gasteiger partial charge in [-0.1, -0.05) is 0 Å². The molecule has 4 heterocycles. The number of aliphatic imine (C=N–C) groups is 2. The highest BCUT2D eigenvalue weighted by atomic mass is 15.6. The van der Waals surface area contributed by atoms with Crippen molar-refractivity contribution in [2.75, 3.05) is 13.1 Å². The Kier molecular flexibility index (Phi) is 3.27. The second-order valence-corrected chi connectivity index (χ2v) is 5.73. The molecule has 2 unspecified atom stereocenters. The quantitative estimate of drug-likeness (QED) is 0.650. The zero-order valence-electron chi connectivity index (χ0n) is 12.3. The minimum absolute atomic E-state index is 0.162. The maximum atomic E-state index is 8.17. The Hall–Kier alpha value is -2.41. The Labute approximate surface area is 129 Å². The van der Waals surface area contributed by atoms with Crippen molar-refractivity contribution in [1.82, 2.24) is 10.2 Å². The number of likely N-dealkylation sites (tertiary alicyclic amines) is 1. The van der Waals surface area contributed by atoms with Gasteiger partial charge in [0.05, 0.1) is 17.6 Å². The van der Waals surface area contributed by atoms with E-state index in [1.807, 2.05) is 18.4 Å². The van der Waals surface area contributed by atoms with Crippen molar-refractivity contribution in [3.05, 3.63) is 40.9 Å². The molecule has 114 valence electrons. The molecule has 2 fully saturated rings. The third-order valence-corrected chi connectivity index (χ3v) is 4.30. The molecular weight excluding hydrogens is 278 g/mol. The van der Waals surface area contributed by atoms with Crippen molar-refractivity contribution < 1.29 is 5.01 Å². The zero-order valence-corrected chi connectivity index (χ0v) is 12.3. The number of piperidine rings is 1. The maximum Gasteiger partial charge on any atom is 0.222 e. The predicted octanol–water partition coefficient (Wildman–Crippen LogP) is 0.288. The molecule has 0 radical (unpaired) electrons. The first kappa shape index (κ1) is 13.3. The van der Waals surface area contributed by atoms with Crippen LogP contribution in [-0.4, -0.2) is 42.5 Å². The Morgan fingerprint density at radius 3 is 3.05 bits per heavy atom. The molecule has 0 aromatic heterocycles. The summed E-state index contributed by atoms with van der Waals surface area (Å²) >= 11 is 0. The first-order chi connectivity index (χ1) is 10.8. The van der Waals surface area contributed by atoms with Crippen LogP contribution in [0.5, 0.6) is 0 Å². The summed E-state index contributed by atoms with van der Waals surface area (Å²) in [5, 5.41) is 12.2. The van der Waals surface area contributed by atoms with Gasteiger partial charge in [-0.15, -0.1) is 0 Å².